The maximum absolute atomic E-state index is 11.7. The van der Waals surface area contributed by atoms with E-state index in [2.05, 4.69) is 15.2 Å². The predicted octanol–water partition coefficient (Wildman–Crippen LogP) is 2.05. The minimum atomic E-state index is -0.116. The zero-order valence-electron chi connectivity index (χ0n) is 16.1. The third-order valence-corrected chi connectivity index (χ3v) is 4.52. The summed E-state index contributed by atoms with van der Waals surface area (Å²) in [5.41, 5.74) is 1.08. The van der Waals surface area contributed by atoms with Crippen molar-refractivity contribution in [2.75, 3.05) is 41.0 Å². The zero-order chi connectivity index (χ0) is 18.9. The number of carbonyl (C=O) groups excluding carboxylic acids is 1. The van der Waals surface area contributed by atoms with Crippen LogP contribution in [-0.2, 0) is 16.1 Å². The highest BCUT2D eigenvalue weighted by Crippen LogP contribution is 2.28. The molecule has 1 aromatic carbocycles. The van der Waals surface area contributed by atoms with Crippen LogP contribution in [0.2, 0.25) is 0 Å². The Hall–Kier alpha value is -2.44. The first kappa shape index (κ1) is 19.9. The third kappa shape index (κ3) is 5.03. The van der Waals surface area contributed by atoms with Crippen molar-refractivity contribution < 1.29 is 19.0 Å². The van der Waals surface area contributed by atoms with Gasteiger partial charge in [0.05, 0.1) is 26.7 Å². The molecule has 1 N–H and O–H groups in total. The fourth-order valence-corrected chi connectivity index (χ4v) is 3.11. The summed E-state index contributed by atoms with van der Waals surface area (Å²) >= 11 is 0. The molecular weight excluding hydrogens is 334 g/mol. The van der Waals surface area contributed by atoms with Crippen molar-refractivity contribution in [1.82, 2.24) is 10.2 Å². The van der Waals surface area contributed by atoms with Crippen LogP contribution in [0, 0.1) is 5.92 Å². The molecule has 0 unspecified atom stereocenters. The molecule has 1 saturated heterocycles. The summed E-state index contributed by atoms with van der Waals surface area (Å²) in [6, 6.07) is 5.89. The molecular formula is C19H29N3O4. The molecule has 7 heteroatoms. The van der Waals surface area contributed by atoms with E-state index in [1.807, 2.05) is 25.1 Å². The molecule has 0 aromatic heterocycles. The summed E-state index contributed by atoms with van der Waals surface area (Å²) in [4.78, 5) is 18.2. The van der Waals surface area contributed by atoms with Crippen LogP contribution < -0.4 is 14.8 Å². The molecule has 0 radical (unpaired) electrons. The maximum Gasteiger partial charge on any atom is 0.308 e. The molecule has 7 nitrogen and oxygen atoms in total. The van der Waals surface area contributed by atoms with E-state index in [9.17, 15) is 4.79 Å². The molecule has 1 aliphatic rings. The molecule has 1 fully saturated rings. The molecule has 144 valence electrons. The van der Waals surface area contributed by atoms with Crippen LogP contribution in [0.25, 0.3) is 0 Å². The topological polar surface area (TPSA) is 72.4 Å². The molecule has 0 saturated carbocycles. The molecule has 0 bridgehead atoms. The number of nitrogens with one attached hydrogen (secondary N) is 1. The minimum absolute atomic E-state index is 0.00954. The Bertz CT molecular complexity index is 625. The predicted molar refractivity (Wildman–Crippen MR) is 101 cm³/mol. The number of guanidine groups is 1. The smallest absolute Gasteiger partial charge is 0.308 e. The van der Waals surface area contributed by atoms with Gasteiger partial charge in [0, 0.05) is 26.7 Å². The van der Waals surface area contributed by atoms with E-state index in [1.165, 1.54) is 7.11 Å². The summed E-state index contributed by atoms with van der Waals surface area (Å²) in [6.07, 6.45) is 1.56. The highest BCUT2D eigenvalue weighted by atomic mass is 16.5. The lowest BCUT2D eigenvalue weighted by Crippen LogP contribution is -2.46. The van der Waals surface area contributed by atoms with Crippen molar-refractivity contribution in [3.8, 4) is 11.5 Å². The van der Waals surface area contributed by atoms with Crippen LogP contribution in [0.3, 0.4) is 0 Å². The van der Waals surface area contributed by atoms with Gasteiger partial charge in [-0.15, -0.1) is 0 Å². The standard InChI is InChI=1S/C19H29N3O4/c1-5-26-17-12-14(6-7-16(17)24-3)13-21-19(20-2)22-10-8-15(9-11-22)18(23)25-4/h6-7,12,15H,5,8-11,13H2,1-4H3,(H,20,21). The Morgan fingerprint density at radius 1 is 1.27 bits per heavy atom. The quantitative estimate of drug-likeness (QED) is 0.474. The number of esters is 1. The number of rotatable bonds is 6. The van der Waals surface area contributed by atoms with Crippen LogP contribution in [0.15, 0.2) is 23.2 Å². The molecule has 0 aliphatic carbocycles. The number of likely N-dealkylation sites (tertiary alicyclic amines) is 1. The Balaban J connectivity index is 1.93. The van der Waals surface area contributed by atoms with Crippen LogP contribution >= 0.6 is 0 Å². The van der Waals surface area contributed by atoms with Gasteiger partial charge in [0.25, 0.3) is 0 Å². The van der Waals surface area contributed by atoms with Gasteiger partial charge in [-0.3, -0.25) is 9.79 Å². The van der Waals surface area contributed by atoms with Gasteiger partial charge in [-0.2, -0.15) is 0 Å². The average Bonchev–Trinajstić information content (AvgIpc) is 2.69. The maximum atomic E-state index is 11.7. The van der Waals surface area contributed by atoms with Crippen LogP contribution in [0.1, 0.15) is 25.3 Å². The fraction of sp³-hybridized carbons (Fsp3) is 0.579. The van der Waals surface area contributed by atoms with Gasteiger partial charge in [-0.1, -0.05) is 6.07 Å². The Morgan fingerprint density at radius 3 is 2.58 bits per heavy atom. The van der Waals surface area contributed by atoms with Crippen LogP contribution in [-0.4, -0.2) is 57.8 Å². The molecule has 0 atom stereocenters. The molecule has 0 amide bonds. The van der Waals surface area contributed by atoms with Gasteiger partial charge in [0.15, 0.2) is 17.5 Å². The number of hydrogen-bond acceptors (Lipinski definition) is 5. The second-order valence-corrected chi connectivity index (χ2v) is 6.10. The van der Waals surface area contributed by atoms with Crippen molar-refractivity contribution in [2.45, 2.75) is 26.3 Å². The molecule has 1 aliphatic heterocycles. The molecule has 26 heavy (non-hydrogen) atoms. The second-order valence-electron chi connectivity index (χ2n) is 6.10. The molecule has 2 rings (SSSR count). The van der Waals surface area contributed by atoms with Crippen molar-refractivity contribution in [2.24, 2.45) is 10.9 Å². The largest absolute Gasteiger partial charge is 0.493 e. The first-order valence-electron chi connectivity index (χ1n) is 8.96. The number of nitrogens with zero attached hydrogens (tertiary/aromatic N) is 2. The van der Waals surface area contributed by atoms with Crippen molar-refractivity contribution in [3.63, 3.8) is 0 Å². The average molecular weight is 363 g/mol. The molecule has 1 heterocycles. The first-order chi connectivity index (χ1) is 12.6. The van der Waals surface area contributed by atoms with Gasteiger partial charge < -0.3 is 24.4 Å². The highest BCUT2D eigenvalue weighted by molar-refractivity contribution is 5.80. The van der Waals surface area contributed by atoms with E-state index in [0.29, 0.717) is 13.2 Å². The molecule has 1 aromatic rings. The Labute approximate surface area is 155 Å². The van der Waals surface area contributed by atoms with Gasteiger partial charge in [-0.25, -0.2) is 0 Å². The van der Waals surface area contributed by atoms with Gasteiger partial charge in [0.2, 0.25) is 0 Å². The SMILES string of the molecule is CCOc1cc(CNC(=NC)N2CCC(C(=O)OC)CC2)ccc1OC. The van der Waals surface area contributed by atoms with Gasteiger partial charge >= 0.3 is 5.97 Å². The van der Waals surface area contributed by atoms with E-state index in [0.717, 1.165) is 49.0 Å². The number of methoxy groups -OCH3 is 2. The van der Waals surface area contributed by atoms with E-state index < -0.39 is 0 Å². The van der Waals surface area contributed by atoms with E-state index in [-0.39, 0.29) is 11.9 Å². The fourth-order valence-electron chi connectivity index (χ4n) is 3.11. The second kappa shape index (κ2) is 9.89. The zero-order valence-corrected chi connectivity index (χ0v) is 16.1. The van der Waals surface area contributed by atoms with E-state index >= 15 is 0 Å². The number of benzene rings is 1. The number of carbonyl (C=O) groups is 1. The third-order valence-electron chi connectivity index (χ3n) is 4.52. The lowest BCUT2D eigenvalue weighted by molar-refractivity contribution is -0.146. The monoisotopic (exact) mass is 363 g/mol. The Kier molecular flexibility index (Phi) is 7.56. The normalized spacial score (nSPS) is 15.5. The molecule has 0 spiro atoms. The highest BCUT2D eigenvalue weighted by Gasteiger charge is 2.26. The van der Waals surface area contributed by atoms with Crippen molar-refractivity contribution in [1.29, 1.82) is 0 Å². The summed E-state index contributed by atoms with van der Waals surface area (Å²) in [5, 5.41) is 3.38. The number of hydrogen-bond donors (Lipinski definition) is 1. The lowest BCUT2D eigenvalue weighted by atomic mass is 9.97. The van der Waals surface area contributed by atoms with Gasteiger partial charge in [-0.05, 0) is 37.5 Å². The summed E-state index contributed by atoms with van der Waals surface area (Å²) in [5.74, 6) is 2.18. The van der Waals surface area contributed by atoms with Crippen molar-refractivity contribution in [3.05, 3.63) is 23.8 Å². The lowest BCUT2D eigenvalue weighted by Gasteiger charge is -2.33. The van der Waals surface area contributed by atoms with Crippen LogP contribution in [0.5, 0.6) is 11.5 Å². The van der Waals surface area contributed by atoms with E-state index in [4.69, 9.17) is 14.2 Å². The summed E-state index contributed by atoms with van der Waals surface area (Å²) in [7, 11) is 4.85. The number of ether oxygens (including phenoxy) is 3. The number of aliphatic imine (C=N–C) groups is 1. The van der Waals surface area contributed by atoms with E-state index in [1.54, 1.807) is 14.2 Å². The van der Waals surface area contributed by atoms with Crippen LogP contribution in [0.4, 0.5) is 0 Å². The first-order valence-corrected chi connectivity index (χ1v) is 8.96. The van der Waals surface area contributed by atoms with Gasteiger partial charge in [0.1, 0.15) is 0 Å². The van der Waals surface area contributed by atoms with Crippen molar-refractivity contribution >= 4 is 11.9 Å². The summed E-state index contributed by atoms with van der Waals surface area (Å²) in [6.45, 7) is 4.74. The number of piperidine rings is 1. The minimum Gasteiger partial charge on any atom is -0.493 e. The summed E-state index contributed by atoms with van der Waals surface area (Å²) < 4.78 is 15.8. The Morgan fingerprint density at radius 2 is 2.00 bits per heavy atom.